The van der Waals surface area contributed by atoms with Crippen molar-refractivity contribution in [3.8, 4) is 5.75 Å². The summed E-state index contributed by atoms with van der Waals surface area (Å²) in [5.74, 6) is 0.642. The van der Waals surface area contributed by atoms with Gasteiger partial charge in [-0.3, -0.25) is 4.79 Å². The fraction of sp³-hybridized carbons (Fsp3) is 0.286. The van der Waals surface area contributed by atoms with Gasteiger partial charge in [0.2, 0.25) is 0 Å². The highest BCUT2D eigenvalue weighted by Gasteiger charge is 2.15. The highest BCUT2D eigenvalue weighted by atomic mass is 35.5. The van der Waals surface area contributed by atoms with Gasteiger partial charge >= 0.3 is 0 Å². The second-order valence-corrected chi connectivity index (χ2v) is 7.30. The zero-order valence-electron chi connectivity index (χ0n) is 15.1. The van der Waals surface area contributed by atoms with E-state index in [1.807, 2.05) is 37.3 Å². The Kier molecular flexibility index (Phi) is 6.78. The van der Waals surface area contributed by atoms with Gasteiger partial charge in [-0.05, 0) is 47.9 Å². The number of hydrogen-bond acceptors (Lipinski definition) is 3. The number of hydrogen-bond donors (Lipinski definition) is 2. The quantitative estimate of drug-likeness (QED) is 0.702. The number of amides is 1. The van der Waals surface area contributed by atoms with E-state index in [-0.39, 0.29) is 5.91 Å². The minimum atomic E-state index is -0.0348. The van der Waals surface area contributed by atoms with E-state index < -0.39 is 0 Å². The average Bonchev–Trinajstić information content (AvgIpc) is 2.66. The summed E-state index contributed by atoms with van der Waals surface area (Å²) in [7, 11) is 0. The molecule has 0 bridgehead atoms. The van der Waals surface area contributed by atoms with E-state index in [0.29, 0.717) is 47.6 Å². The molecule has 2 aromatic rings. The second-order valence-electron chi connectivity index (χ2n) is 6.46. The molecule has 0 saturated heterocycles. The van der Waals surface area contributed by atoms with Gasteiger partial charge in [-0.15, -0.1) is 0 Å². The highest BCUT2D eigenvalue weighted by Crippen LogP contribution is 2.36. The van der Waals surface area contributed by atoms with Gasteiger partial charge in [-0.1, -0.05) is 42.3 Å². The van der Waals surface area contributed by atoms with Crippen LogP contribution in [0.25, 0.3) is 6.08 Å². The Morgan fingerprint density at radius 2 is 2.04 bits per heavy atom. The third kappa shape index (κ3) is 5.25. The number of carbonyl (C=O) groups excluding carboxylic acids is 1. The molecule has 3 rings (SSSR count). The first-order chi connectivity index (χ1) is 13.1. The highest BCUT2D eigenvalue weighted by molar-refractivity contribution is 6.36. The Labute approximate surface area is 169 Å². The smallest absolute Gasteiger partial charge is 0.251 e. The zero-order valence-corrected chi connectivity index (χ0v) is 16.7. The molecule has 4 nitrogen and oxygen atoms in total. The monoisotopic (exact) mass is 404 g/mol. The molecule has 0 aromatic heterocycles. The van der Waals surface area contributed by atoms with Gasteiger partial charge in [0.1, 0.15) is 12.4 Å². The third-order valence-corrected chi connectivity index (χ3v) is 4.70. The molecule has 142 valence electrons. The van der Waals surface area contributed by atoms with Crippen LogP contribution in [-0.4, -0.2) is 25.6 Å². The molecule has 0 spiro atoms. The van der Waals surface area contributed by atoms with Crippen LogP contribution in [0.15, 0.2) is 42.0 Å². The molecular weight excluding hydrogens is 383 g/mol. The van der Waals surface area contributed by atoms with Gasteiger partial charge in [0.05, 0.1) is 5.02 Å². The Balaban J connectivity index is 1.59. The largest absolute Gasteiger partial charge is 0.487 e. The number of rotatable bonds is 7. The molecule has 2 aromatic carbocycles. The van der Waals surface area contributed by atoms with Gasteiger partial charge in [0.15, 0.2) is 0 Å². The van der Waals surface area contributed by atoms with Crippen molar-refractivity contribution in [2.45, 2.75) is 19.9 Å². The first kappa shape index (κ1) is 19.7. The lowest BCUT2D eigenvalue weighted by Gasteiger charge is -2.19. The van der Waals surface area contributed by atoms with Crippen molar-refractivity contribution in [3.05, 3.63) is 68.7 Å². The topological polar surface area (TPSA) is 50.4 Å². The van der Waals surface area contributed by atoms with Gasteiger partial charge in [-0.25, -0.2) is 0 Å². The van der Waals surface area contributed by atoms with Gasteiger partial charge < -0.3 is 15.4 Å². The Morgan fingerprint density at radius 3 is 2.85 bits per heavy atom. The van der Waals surface area contributed by atoms with Crippen molar-refractivity contribution >= 4 is 35.2 Å². The summed E-state index contributed by atoms with van der Waals surface area (Å²) in [6.45, 7) is 4.54. The van der Waals surface area contributed by atoms with Crippen molar-refractivity contribution in [3.63, 3.8) is 0 Å². The molecule has 27 heavy (non-hydrogen) atoms. The molecule has 0 radical (unpaired) electrons. The lowest BCUT2D eigenvalue weighted by atomic mass is 10.1. The number of halogens is 2. The van der Waals surface area contributed by atoms with Crippen LogP contribution in [0.1, 0.15) is 34.8 Å². The Morgan fingerprint density at radius 1 is 1.19 bits per heavy atom. The molecule has 1 aliphatic heterocycles. The summed E-state index contributed by atoms with van der Waals surface area (Å²) >= 11 is 12.2. The fourth-order valence-electron chi connectivity index (χ4n) is 2.90. The maximum absolute atomic E-state index is 12.1. The van der Waals surface area contributed by atoms with E-state index in [0.717, 1.165) is 23.1 Å². The average molecular weight is 405 g/mol. The standard InChI is InChI=1S/C21H22Cl2N2O2/c1-2-6-25-21(26)16-5-3-4-14(7-16)11-24-12-15-8-17-9-18(22)10-19(23)20(17)27-13-15/h3-5,7-10,24H,2,6,11-13H2,1H3,(H,25,26). The summed E-state index contributed by atoms with van der Waals surface area (Å²) < 4.78 is 5.76. The maximum atomic E-state index is 12.1. The summed E-state index contributed by atoms with van der Waals surface area (Å²) in [5.41, 5.74) is 3.74. The van der Waals surface area contributed by atoms with Crippen LogP contribution in [0.4, 0.5) is 0 Å². The molecule has 0 unspecified atom stereocenters. The Hall–Kier alpha value is -2.01. The van der Waals surface area contributed by atoms with E-state index in [9.17, 15) is 4.79 Å². The molecule has 6 heteroatoms. The lowest BCUT2D eigenvalue weighted by Crippen LogP contribution is -2.24. The molecule has 1 aliphatic rings. The normalized spacial score (nSPS) is 12.8. The molecule has 1 heterocycles. The van der Waals surface area contributed by atoms with Crippen LogP contribution in [0.5, 0.6) is 5.75 Å². The molecule has 0 aliphatic carbocycles. The number of ether oxygens (including phenoxy) is 1. The summed E-state index contributed by atoms with van der Waals surface area (Å²) in [5, 5.41) is 7.41. The predicted molar refractivity (Wildman–Crippen MR) is 111 cm³/mol. The molecule has 2 N–H and O–H groups in total. The van der Waals surface area contributed by atoms with Gasteiger partial charge in [0, 0.05) is 35.8 Å². The number of fused-ring (bicyclic) bond motifs is 1. The predicted octanol–water partition coefficient (Wildman–Crippen LogP) is 4.70. The van der Waals surface area contributed by atoms with E-state index in [2.05, 4.69) is 16.7 Å². The number of nitrogens with one attached hydrogen (secondary N) is 2. The fourth-order valence-corrected chi connectivity index (χ4v) is 3.46. The van der Waals surface area contributed by atoms with Crippen LogP contribution in [0.3, 0.4) is 0 Å². The van der Waals surface area contributed by atoms with E-state index in [4.69, 9.17) is 27.9 Å². The summed E-state index contributed by atoms with van der Waals surface area (Å²) in [6, 6.07) is 11.2. The van der Waals surface area contributed by atoms with E-state index >= 15 is 0 Å². The molecular formula is C21H22Cl2N2O2. The van der Waals surface area contributed by atoms with Crippen LogP contribution in [0.2, 0.25) is 10.0 Å². The minimum absolute atomic E-state index is 0.0348. The van der Waals surface area contributed by atoms with Gasteiger partial charge in [0.25, 0.3) is 5.91 Å². The first-order valence-corrected chi connectivity index (χ1v) is 9.71. The van der Waals surface area contributed by atoms with Crippen molar-refractivity contribution in [1.29, 1.82) is 0 Å². The zero-order chi connectivity index (χ0) is 19.2. The van der Waals surface area contributed by atoms with Crippen molar-refractivity contribution in [2.75, 3.05) is 19.7 Å². The van der Waals surface area contributed by atoms with Crippen molar-refractivity contribution in [2.24, 2.45) is 0 Å². The van der Waals surface area contributed by atoms with E-state index in [1.54, 1.807) is 6.07 Å². The van der Waals surface area contributed by atoms with Crippen molar-refractivity contribution < 1.29 is 9.53 Å². The summed E-state index contributed by atoms with van der Waals surface area (Å²) in [4.78, 5) is 12.1. The van der Waals surface area contributed by atoms with Crippen LogP contribution in [0, 0.1) is 0 Å². The maximum Gasteiger partial charge on any atom is 0.251 e. The minimum Gasteiger partial charge on any atom is -0.487 e. The molecule has 1 amide bonds. The van der Waals surface area contributed by atoms with Crippen LogP contribution >= 0.6 is 23.2 Å². The van der Waals surface area contributed by atoms with Gasteiger partial charge in [-0.2, -0.15) is 0 Å². The first-order valence-electron chi connectivity index (χ1n) is 8.96. The lowest BCUT2D eigenvalue weighted by molar-refractivity contribution is 0.0953. The summed E-state index contributed by atoms with van der Waals surface area (Å²) in [6.07, 6.45) is 2.97. The Bertz CT molecular complexity index is 865. The van der Waals surface area contributed by atoms with E-state index in [1.165, 1.54) is 0 Å². The number of benzene rings is 2. The second kappa shape index (κ2) is 9.27. The molecule has 0 saturated carbocycles. The SMILES string of the molecule is CCCNC(=O)c1cccc(CNCC2=Cc3cc(Cl)cc(Cl)c3OC2)c1. The molecule has 0 atom stereocenters. The number of carbonyl (C=O) groups is 1. The third-order valence-electron chi connectivity index (χ3n) is 4.20. The van der Waals surface area contributed by atoms with Crippen molar-refractivity contribution in [1.82, 2.24) is 10.6 Å². The van der Waals surface area contributed by atoms with Crippen LogP contribution < -0.4 is 15.4 Å². The van der Waals surface area contributed by atoms with Crippen LogP contribution in [-0.2, 0) is 6.54 Å². The molecule has 0 fully saturated rings.